The van der Waals surface area contributed by atoms with Gasteiger partial charge in [0.05, 0.1) is 10.6 Å². The molecule has 0 saturated carbocycles. The lowest BCUT2D eigenvalue weighted by atomic mass is 10.1. The van der Waals surface area contributed by atoms with E-state index in [0.717, 1.165) is 27.8 Å². The van der Waals surface area contributed by atoms with Crippen molar-refractivity contribution in [3.63, 3.8) is 0 Å². The van der Waals surface area contributed by atoms with E-state index in [0.29, 0.717) is 32.2 Å². The third kappa shape index (κ3) is 3.61. The van der Waals surface area contributed by atoms with E-state index in [1.807, 2.05) is 31.2 Å². The van der Waals surface area contributed by atoms with Crippen LogP contribution in [-0.2, 0) is 4.79 Å². The van der Waals surface area contributed by atoms with E-state index in [1.54, 1.807) is 36.4 Å². The smallest absolute Gasteiger partial charge is 0.298 e. The molecule has 140 valence electrons. The van der Waals surface area contributed by atoms with Crippen LogP contribution in [0.1, 0.15) is 11.3 Å². The highest BCUT2D eigenvalue weighted by atomic mass is 35.5. The van der Waals surface area contributed by atoms with Gasteiger partial charge in [-0.05, 0) is 72.8 Å². The Labute approximate surface area is 175 Å². The third-order valence-corrected chi connectivity index (χ3v) is 5.60. The summed E-state index contributed by atoms with van der Waals surface area (Å²) in [6.45, 7) is 1.96. The molecule has 1 aliphatic heterocycles. The number of carbonyl (C=O) groups excluding carboxylic acids is 2. The van der Waals surface area contributed by atoms with Crippen molar-refractivity contribution in [1.29, 1.82) is 0 Å². The van der Waals surface area contributed by atoms with Gasteiger partial charge in [-0.1, -0.05) is 29.3 Å². The first-order valence-electron chi connectivity index (χ1n) is 8.32. The maximum absolute atomic E-state index is 12.7. The van der Waals surface area contributed by atoms with E-state index >= 15 is 0 Å². The molecule has 1 fully saturated rings. The Morgan fingerprint density at radius 2 is 1.68 bits per heavy atom. The Morgan fingerprint density at radius 1 is 0.964 bits per heavy atom. The number of amides is 2. The average molecular weight is 430 g/mol. The Bertz CT molecular complexity index is 1120. The van der Waals surface area contributed by atoms with E-state index in [-0.39, 0.29) is 5.24 Å². The molecule has 4 rings (SSSR count). The number of imide groups is 1. The summed E-state index contributed by atoms with van der Waals surface area (Å²) in [5.74, 6) is 0.730. The summed E-state index contributed by atoms with van der Waals surface area (Å²) in [6.07, 6.45) is 1.57. The fraction of sp³-hybridized carbons (Fsp3) is 0.0476. The molecule has 1 aromatic heterocycles. The van der Waals surface area contributed by atoms with Crippen LogP contribution in [0, 0.1) is 6.92 Å². The minimum Gasteiger partial charge on any atom is -0.457 e. The Hall–Kier alpha value is -2.47. The SMILES string of the molecule is Cc1ccc(Cl)cc1-c1ccc(/C=C2/SC(=O)N(c3ccc(Cl)cc3)C2=O)o1. The molecule has 0 aliphatic carbocycles. The van der Waals surface area contributed by atoms with E-state index in [2.05, 4.69) is 0 Å². The summed E-state index contributed by atoms with van der Waals surface area (Å²) in [7, 11) is 0. The number of halogens is 2. The van der Waals surface area contributed by atoms with E-state index in [1.165, 1.54) is 0 Å². The molecule has 1 saturated heterocycles. The maximum atomic E-state index is 12.7. The number of hydrogen-bond acceptors (Lipinski definition) is 4. The van der Waals surface area contributed by atoms with Crippen molar-refractivity contribution in [2.24, 2.45) is 0 Å². The summed E-state index contributed by atoms with van der Waals surface area (Å²) in [6, 6.07) is 15.7. The van der Waals surface area contributed by atoms with Crippen molar-refractivity contribution in [2.45, 2.75) is 6.92 Å². The predicted octanol–water partition coefficient (Wildman–Crippen LogP) is 6.80. The van der Waals surface area contributed by atoms with Gasteiger partial charge < -0.3 is 4.42 Å². The molecule has 2 amide bonds. The number of aryl methyl sites for hydroxylation is 1. The lowest BCUT2D eigenvalue weighted by molar-refractivity contribution is -0.113. The topological polar surface area (TPSA) is 50.5 Å². The largest absolute Gasteiger partial charge is 0.457 e. The van der Waals surface area contributed by atoms with Crippen LogP contribution in [0.2, 0.25) is 10.0 Å². The van der Waals surface area contributed by atoms with Crippen molar-refractivity contribution in [2.75, 3.05) is 4.90 Å². The average Bonchev–Trinajstić information content (AvgIpc) is 3.23. The van der Waals surface area contributed by atoms with Crippen molar-refractivity contribution in [3.8, 4) is 11.3 Å². The molecule has 1 aliphatic rings. The number of benzene rings is 2. The first kappa shape index (κ1) is 18.9. The van der Waals surface area contributed by atoms with Gasteiger partial charge in [-0.3, -0.25) is 9.59 Å². The summed E-state index contributed by atoms with van der Waals surface area (Å²) in [5, 5.41) is 0.782. The second kappa shape index (κ2) is 7.51. The molecule has 2 heterocycles. The predicted molar refractivity (Wildman–Crippen MR) is 114 cm³/mol. The maximum Gasteiger partial charge on any atom is 0.298 e. The summed E-state index contributed by atoms with van der Waals surface area (Å²) >= 11 is 12.8. The lowest BCUT2D eigenvalue weighted by Gasteiger charge is -2.11. The molecule has 0 atom stereocenters. The van der Waals surface area contributed by atoms with E-state index in [4.69, 9.17) is 27.6 Å². The molecule has 0 N–H and O–H groups in total. The zero-order valence-corrected chi connectivity index (χ0v) is 16.9. The van der Waals surface area contributed by atoms with Crippen molar-refractivity contribution in [1.82, 2.24) is 0 Å². The fourth-order valence-corrected chi connectivity index (χ4v) is 3.96. The van der Waals surface area contributed by atoms with Gasteiger partial charge in [0.1, 0.15) is 11.5 Å². The van der Waals surface area contributed by atoms with E-state index < -0.39 is 5.91 Å². The monoisotopic (exact) mass is 429 g/mol. The van der Waals surface area contributed by atoms with Crippen LogP contribution in [0.5, 0.6) is 0 Å². The number of anilines is 1. The minimum absolute atomic E-state index is 0.295. The lowest BCUT2D eigenvalue weighted by Crippen LogP contribution is -2.27. The number of thioether (sulfide) groups is 1. The number of carbonyl (C=O) groups is 2. The Kier molecular flexibility index (Phi) is 5.06. The van der Waals surface area contributed by atoms with Crippen LogP contribution < -0.4 is 4.90 Å². The van der Waals surface area contributed by atoms with Crippen LogP contribution in [0.3, 0.4) is 0 Å². The first-order valence-corrected chi connectivity index (χ1v) is 9.89. The van der Waals surface area contributed by atoms with Gasteiger partial charge in [-0.15, -0.1) is 0 Å². The van der Waals surface area contributed by atoms with Crippen molar-refractivity contribution >= 4 is 57.9 Å². The fourth-order valence-electron chi connectivity index (χ4n) is 2.84. The summed E-state index contributed by atoms with van der Waals surface area (Å²) < 4.78 is 5.86. The van der Waals surface area contributed by atoms with Gasteiger partial charge in [-0.2, -0.15) is 0 Å². The summed E-state index contributed by atoms with van der Waals surface area (Å²) in [4.78, 5) is 26.5. The molecule has 2 aromatic carbocycles. The van der Waals surface area contributed by atoms with Gasteiger partial charge in [0.25, 0.3) is 11.1 Å². The molecule has 7 heteroatoms. The summed E-state index contributed by atoms with van der Waals surface area (Å²) in [5.41, 5.74) is 2.37. The van der Waals surface area contributed by atoms with Gasteiger partial charge >= 0.3 is 0 Å². The zero-order chi connectivity index (χ0) is 19.8. The Balaban J connectivity index is 1.62. The van der Waals surface area contributed by atoms with Gasteiger partial charge in [0.2, 0.25) is 0 Å². The number of furan rings is 1. The molecule has 3 aromatic rings. The first-order chi connectivity index (χ1) is 13.4. The normalized spacial score (nSPS) is 15.7. The molecule has 28 heavy (non-hydrogen) atoms. The van der Waals surface area contributed by atoms with Crippen LogP contribution >= 0.6 is 35.0 Å². The van der Waals surface area contributed by atoms with Gasteiger partial charge in [0, 0.05) is 21.7 Å². The number of rotatable bonds is 3. The molecular weight excluding hydrogens is 417 g/mol. The molecule has 0 bridgehead atoms. The Morgan fingerprint density at radius 3 is 2.43 bits per heavy atom. The second-order valence-electron chi connectivity index (χ2n) is 6.15. The van der Waals surface area contributed by atoms with Crippen molar-refractivity contribution < 1.29 is 14.0 Å². The third-order valence-electron chi connectivity index (χ3n) is 4.24. The molecule has 0 unspecified atom stereocenters. The highest BCUT2D eigenvalue weighted by molar-refractivity contribution is 8.19. The zero-order valence-electron chi connectivity index (χ0n) is 14.6. The van der Waals surface area contributed by atoms with Crippen LogP contribution in [0.4, 0.5) is 10.5 Å². The van der Waals surface area contributed by atoms with Crippen LogP contribution in [0.25, 0.3) is 17.4 Å². The highest BCUT2D eigenvalue weighted by Crippen LogP contribution is 2.37. The molecule has 0 radical (unpaired) electrons. The van der Waals surface area contributed by atoms with Gasteiger partial charge in [-0.25, -0.2) is 4.90 Å². The molecular formula is C21H13Cl2NO3S. The second-order valence-corrected chi connectivity index (χ2v) is 8.02. The van der Waals surface area contributed by atoms with Crippen LogP contribution in [-0.4, -0.2) is 11.1 Å². The standard InChI is InChI=1S/C21H13Cl2NO3S/c1-12-2-3-14(23)10-17(12)18-9-8-16(27-18)11-19-20(25)24(21(26)28-19)15-6-4-13(22)5-7-15/h2-11H,1H3/b19-11+. The van der Waals surface area contributed by atoms with Crippen molar-refractivity contribution in [3.05, 3.63) is 80.9 Å². The van der Waals surface area contributed by atoms with Gasteiger partial charge in [0.15, 0.2) is 0 Å². The molecule has 0 spiro atoms. The highest BCUT2D eigenvalue weighted by Gasteiger charge is 2.36. The van der Waals surface area contributed by atoms with E-state index in [9.17, 15) is 9.59 Å². The minimum atomic E-state index is -0.394. The van der Waals surface area contributed by atoms with Crippen LogP contribution in [0.15, 0.2) is 63.9 Å². The number of nitrogens with zero attached hydrogens (tertiary/aromatic N) is 1. The number of hydrogen-bond donors (Lipinski definition) is 0. The quantitative estimate of drug-likeness (QED) is 0.429. The molecule has 4 nitrogen and oxygen atoms in total.